The minimum atomic E-state index is -4.46. The number of carboxylic acid groups (broad SMARTS) is 1. The smallest absolute Gasteiger partial charge is 0.416 e. The maximum absolute atomic E-state index is 12.9. The zero-order chi connectivity index (χ0) is 25.4. The summed E-state index contributed by atoms with van der Waals surface area (Å²) in [6.45, 7) is 0. The number of carboxylic acids is 1. The number of nitrogens with zero attached hydrogens (tertiary/aromatic N) is 1. The quantitative estimate of drug-likeness (QED) is 0.282. The Morgan fingerprint density at radius 2 is 1.56 bits per heavy atom. The van der Waals surface area contributed by atoms with Crippen molar-refractivity contribution in [1.29, 1.82) is 0 Å². The number of oxazole rings is 1. The molecule has 1 aromatic heterocycles. The Morgan fingerprint density at radius 3 is 2.19 bits per heavy atom. The number of carbonyl (C=O) groups is 2. The van der Waals surface area contributed by atoms with E-state index < -0.39 is 29.5 Å². The van der Waals surface area contributed by atoms with Crippen molar-refractivity contribution >= 4 is 34.6 Å². The van der Waals surface area contributed by atoms with Crippen molar-refractivity contribution in [3.8, 4) is 11.1 Å². The van der Waals surface area contributed by atoms with Crippen LogP contribution < -0.4 is 5.32 Å². The molecule has 1 heterocycles. The predicted molar refractivity (Wildman–Crippen MR) is 127 cm³/mol. The van der Waals surface area contributed by atoms with E-state index in [9.17, 15) is 27.9 Å². The van der Waals surface area contributed by atoms with Gasteiger partial charge in [0.2, 0.25) is 0 Å². The summed E-state index contributed by atoms with van der Waals surface area (Å²) in [4.78, 5) is 28.3. The van der Waals surface area contributed by atoms with Crippen LogP contribution in [0.4, 0.5) is 24.9 Å². The summed E-state index contributed by atoms with van der Waals surface area (Å²) in [5.74, 6) is -2.15. The number of hydrogen-bond donors (Lipinski definition) is 2. The van der Waals surface area contributed by atoms with E-state index in [4.69, 9.17) is 4.42 Å². The van der Waals surface area contributed by atoms with Gasteiger partial charge in [0.25, 0.3) is 6.01 Å². The Labute approximate surface area is 203 Å². The van der Waals surface area contributed by atoms with Crippen LogP contribution in [0.15, 0.2) is 71.1 Å². The molecule has 0 spiro atoms. The molecule has 1 fully saturated rings. The minimum Gasteiger partial charge on any atom is -0.481 e. The lowest BCUT2D eigenvalue weighted by molar-refractivity contribution is -0.142. The first-order valence-electron chi connectivity index (χ1n) is 11.4. The fraction of sp³-hybridized carbons (Fsp3) is 0.222. The lowest BCUT2D eigenvalue weighted by Crippen LogP contribution is -2.25. The standard InChI is InChI=1S/C27H21F3N2O4/c28-27(29,30)18-10-13-23-22(14-18)32-26(36-23)31-19-11-8-16(9-12-19)15-4-6-17(7-5-15)24(33)20-2-1-3-21(20)25(34)35/h4-14,20-21H,1-3H2,(H,31,32)(H,34,35). The van der Waals surface area contributed by atoms with Crippen molar-refractivity contribution in [2.75, 3.05) is 5.32 Å². The Bertz CT molecular complexity index is 1430. The van der Waals surface area contributed by atoms with Crippen LogP contribution in [0.2, 0.25) is 0 Å². The first-order valence-corrected chi connectivity index (χ1v) is 11.4. The lowest BCUT2D eigenvalue weighted by atomic mass is 9.88. The van der Waals surface area contributed by atoms with Crippen LogP contribution >= 0.6 is 0 Å². The fourth-order valence-corrected chi connectivity index (χ4v) is 4.64. The summed E-state index contributed by atoms with van der Waals surface area (Å²) in [6.07, 6.45) is -2.60. The Kier molecular flexibility index (Phi) is 5.99. The topological polar surface area (TPSA) is 92.4 Å². The molecule has 2 atom stereocenters. The molecule has 0 radical (unpaired) electrons. The molecule has 0 amide bonds. The monoisotopic (exact) mass is 494 g/mol. The molecule has 0 saturated heterocycles. The number of anilines is 2. The highest BCUT2D eigenvalue weighted by Crippen LogP contribution is 2.35. The average molecular weight is 494 g/mol. The number of fused-ring (bicyclic) bond motifs is 1. The molecule has 5 rings (SSSR count). The third-order valence-corrected chi connectivity index (χ3v) is 6.52. The number of alkyl halides is 3. The van der Waals surface area contributed by atoms with E-state index in [1.54, 1.807) is 24.3 Å². The molecule has 0 bridgehead atoms. The third-order valence-electron chi connectivity index (χ3n) is 6.52. The normalized spacial score (nSPS) is 17.9. The number of Topliss-reactive ketones (excluding diaryl/α,β-unsaturated/α-hetero) is 1. The van der Waals surface area contributed by atoms with Crippen LogP contribution in [0, 0.1) is 11.8 Å². The second-order valence-corrected chi connectivity index (χ2v) is 8.83. The van der Waals surface area contributed by atoms with Crippen molar-refractivity contribution in [3.63, 3.8) is 0 Å². The molecular weight excluding hydrogens is 473 g/mol. The number of rotatable bonds is 6. The van der Waals surface area contributed by atoms with E-state index in [1.807, 2.05) is 24.3 Å². The van der Waals surface area contributed by atoms with Gasteiger partial charge in [-0.1, -0.05) is 42.8 Å². The highest BCUT2D eigenvalue weighted by Gasteiger charge is 2.38. The maximum atomic E-state index is 12.9. The molecule has 1 aliphatic rings. The van der Waals surface area contributed by atoms with Gasteiger partial charge in [0, 0.05) is 17.2 Å². The number of aliphatic carboxylic acids is 1. The van der Waals surface area contributed by atoms with Gasteiger partial charge in [0.1, 0.15) is 5.52 Å². The molecule has 6 nitrogen and oxygen atoms in total. The van der Waals surface area contributed by atoms with Crippen molar-refractivity contribution in [2.24, 2.45) is 11.8 Å². The summed E-state index contributed by atoms with van der Waals surface area (Å²) in [6, 6.07) is 17.5. The minimum absolute atomic E-state index is 0.0755. The number of ketones is 1. The summed E-state index contributed by atoms with van der Waals surface area (Å²) in [5.41, 5.74) is 2.44. The van der Waals surface area contributed by atoms with Gasteiger partial charge in [0.05, 0.1) is 11.5 Å². The molecule has 2 unspecified atom stereocenters. The number of aromatic nitrogens is 1. The van der Waals surface area contributed by atoms with E-state index in [0.717, 1.165) is 29.7 Å². The summed E-state index contributed by atoms with van der Waals surface area (Å²) in [5, 5.41) is 12.3. The summed E-state index contributed by atoms with van der Waals surface area (Å²) >= 11 is 0. The Hall–Kier alpha value is -4.14. The number of nitrogens with one attached hydrogen (secondary N) is 1. The number of benzene rings is 3. The van der Waals surface area contributed by atoms with Gasteiger partial charge >= 0.3 is 12.1 Å². The number of halogens is 3. The van der Waals surface area contributed by atoms with Gasteiger partial charge in [-0.05, 0) is 54.3 Å². The first kappa shape index (κ1) is 23.6. The highest BCUT2D eigenvalue weighted by molar-refractivity contribution is 6.00. The van der Waals surface area contributed by atoms with Crippen molar-refractivity contribution in [3.05, 3.63) is 77.9 Å². The van der Waals surface area contributed by atoms with Crippen molar-refractivity contribution in [2.45, 2.75) is 25.4 Å². The molecule has 3 aromatic carbocycles. The van der Waals surface area contributed by atoms with Crippen LogP contribution in [0.3, 0.4) is 0 Å². The first-order chi connectivity index (χ1) is 17.2. The van der Waals surface area contributed by atoms with Crippen LogP contribution in [0.5, 0.6) is 0 Å². The van der Waals surface area contributed by atoms with E-state index in [1.165, 1.54) is 6.07 Å². The van der Waals surface area contributed by atoms with Crippen molar-refractivity contribution in [1.82, 2.24) is 4.98 Å². The maximum Gasteiger partial charge on any atom is 0.416 e. The van der Waals surface area contributed by atoms with Gasteiger partial charge in [-0.2, -0.15) is 18.2 Å². The van der Waals surface area contributed by atoms with E-state index in [-0.39, 0.29) is 22.9 Å². The molecule has 1 saturated carbocycles. The van der Waals surface area contributed by atoms with Crippen LogP contribution in [-0.4, -0.2) is 21.8 Å². The average Bonchev–Trinajstić information content (AvgIpc) is 3.50. The largest absolute Gasteiger partial charge is 0.481 e. The molecule has 4 aromatic rings. The van der Waals surface area contributed by atoms with Crippen LogP contribution in [0.1, 0.15) is 35.2 Å². The molecule has 0 aliphatic heterocycles. The summed E-state index contributed by atoms with van der Waals surface area (Å²) in [7, 11) is 0. The number of carbonyl (C=O) groups excluding carboxylic acids is 1. The Balaban J connectivity index is 1.28. The van der Waals surface area contributed by atoms with Gasteiger partial charge in [-0.25, -0.2) is 0 Å². The van der Waals surface area contributed by atoms with E-state index >= 15 is 0 Å². The van der Waals surface area contributed by atoms with Gasteiger partial charge in [-0.15, -0.1) is 0 Å². The van der Waals surface area contributed by atoms with Crippen LogP contribution in [0.25, 0.3) is 22.2 Å². The summed E-state index contributed by atoms with van der Waals surface area (Å²) < 4.78 is 44.2. The Morgan fingerprint density at radius 1 is 0.917 bits per heavy atom. The van der Waals surface area contributed by atoms with E-state index in [0.29, 0.717) is 24.1 Å². The zero-order valence-corrected chi connectivity index (χ0v) is 18.9. The number of hydrogen-bond acceptors (Lipinski definition) is 5. The van der Waals surface area contributed by atoms with Gasteiger partial charge in [0.15, 0.2) is 11.4 Å². The molecule has 1 aliphatic carbocycles. The second-order valence-electron chi connectivity index (χ2n) is 8.83. The zero-order valence-electron chi connectivity index (χ0n) is 18.9. The van der Waals surface area contributed by atoms with Crippen LogP contribution in [-0.2, 0) is 11.0 Å². The van der Waals surface area contributed by atoms with Gasteiger partial charge in [-0.3, -0.25) is 9.59 Å². The third kappa shape index (κ3) is 4.68. The molecular formula is C27H21F3N2O4. The lowest BCUT2D eigenvalue weighted by Gasteiger charge is -2.14. The molecule has 36 heavy (non-hydrogen) atoms. The highest BCUT2D eigenvalue weighted by atomic mass is 19.4. The van der Waals surface area contributed by atoms with Gasteiger partial charge < -0.3 is 14.8 Å². The SMILES string of the molecule is O=C(O)C1CCCC1C(=O)c1ccc(-c2ccc(Nc3nc4cc(C(F)(F)F)ccc4o3)cc2)cc1. The fourth-order valence-electron chi connectivity index (χ4n) is 4.64. The predicted octanol–water partition coefficient (Wildman–Crippen LogP) is 6.94. The molecule has 184 valence electrons. The second kappa shape index (κ2) is 9.14. The van der Waals surface area contributed by atoms with Crippen molar-refractivity contribution < 1.29 is 32.3 Å². The molecule has 9 heteroatoms. The van der Waals surface area contributed by atoms with E-state index in [2.05, 4.69) is 10.3 Å². The molecule has 2 N–H and O–H groups in total.